The molecular weight excluding hydrogens is 144 g/mol. The molecule has 1 radical (unpaired) electrons. The summed E-state index contributed by atoms with van der Waals surface area (Å²) < 4.78 is 9.69. The second kappa shape index (κ2) is 4.76. The fourth-order valence-electron chi connectivity index (χ4n) is 0.581. The van der Waals surface area contributed by atoms with Gasteiger partial charge in [-0.25, -0.2) is 9.97 Å². The molecule has 4 heteroatoms. The Kier molecular flexibility index (Phi) is 3.51. The lowest BCUT2D eigenvalue weighted by Crippen LogP contribution is -2.00. The number of methoxy groups -OCH3 is 1. The van der Waals surface area contributed by atoms with Gasteiger partial charge < -0.3 is 9.47 Å². The molecule has 0 N–H and O–H groups in total. The van der Waals surface area contributed by atoms with Gasteiger partial charge in [0.05, 0.1) is 0 Å². The Morgan fingerprint density at radius 1 is 1.45 bits per heavy atom. The molecule has 0 fully saturated rings. The molecule has 11 heavy (non-hydrogen) atoms. The lowest BCUT2D eigenvalue weighted by atomic mass is 10.6. The monoisotopic (exact) mass is 153 g/mol. The van der Waals surface area contributed by atoms with Crippen LogP contribution in [-0.2, 0) is 16.1 Å². The van der Waals surface area contributed by atoms with Crippen LogP contribution in [0.1, 0.15) is 5.82 Å². The summed E-state index contributed by atoms with van der Waals surface area (Å²) in [7, 11) is 1.57. The summed E-state index contributed by atoms with van der Waals surface area (Å²) in [4.78, 5) is 7.81. The summed E-state index contributed by atoms with van der Waals surface area (Å²) in [6.45, 7) is 0.643. The highest BCUT2D eigenvalue weighted by Crippen LogP contribution is 1.89. The van der Waals surface area contributed by atoms with Crippen molar-refractivity contribution >= 4 is 0 Å². The topological polar surface area (TPSA) is 44.2 Å². The van der Waals surface area contributed by atoms with E-state index in [-0.39, 0.29) is 6.79 Å². The third kappa shape index (κ3) is 3.06. The van der Waals surface area contributed by atoms with Crippen LogP contribution in [0.25, 0.3) is 0 Å². The van der Waals surface area contributed by atoms with Gasteiger partial charge in [0.2, 0.25) is 0 Å². The molecule has 0 amide bonds. The summed E-state index contributed by atoms with van der Waals surface area (Å²) in [5, 5.41) is 0. The first-order valence-electron chi connectivity index (χ1n) is 3.17. The third-order valence-electron chi connectivity index (χ3n) is 1.01. The molecule has 1 aromatic rings. The molecule has 0 unspecified atom stereocenters. The molecule has 4 nitrogen and oxygen atoms in total. The third-order valence-corrected chi connectivity index (χ3v) is 1.01. The Morgan fingerprint density at radius 2 is 2.18 bits per heavy atom. The number of ether oxygens (including phenoxy) is 2. The van der Waals surface area contributed by atoms with Crippen LogP contribution in [0.4, 0.5) is 0 Å². The predicted molar refractivity (Wildman–Crippen MR) is 37.5 cm³/mol. The molecule has 0 aliphatic rings. The van der Waals surface area contributed by atoms with Gasteiger partial charge in [-0.05, 0) is 0 Å². The molecule has 59 valence electrons. The first-order chi connectivity index (χ1) is 5.43. The van der Waals surface area contributed by atoms with Crippen molar-refractivity contribution in [2.45, 2.75) is 6.61 Å². The van der Waals surface area contributed by atoms with Gasteiger partial charge in [-0.3, -0.25) is 0 Å². The van der Waals surface area contributed by atoms with Gasteiger partial charge >= 0.3 is 0 Å². The van der Waals surface area contributed by atoms with Crippen molar-refractivity contribution < 1.29 is 9.47 Å². The standard InChI is InChI=1S/C7H9N2O2/c1-10-6-11-5-7-8-3-2-4-9-7/h3-4H,5-6H2,1H3. The second-order valence-corrected chi connectivity index (χ2v) is 1.85. The molecule has 0 atom stereocenters. The average molecular weight is 153 g/mol. The van der Waals surface area contributed by atoms with Gasteiger partial charge in [0, 0.05) is 25.6 Å². The van der Waals surface area contributed by atoms with Crippen LogP contribution in [0.5, 0.6) is 0 Å². The van der Waals surface area contributed by atoms with Crippen molar-refractivity contribution in [3.8, 4) is 0 Å². The van der Waals surface area contributed by atoms with Crippen LogP contribution < -0.4 is 0 Å². The quantitative estimate of drug-likeness (QED) is 0.464. The van der Waals surface area contributed by atoms with Gasteiger partial charge in [-0.15, -0.1) is 0 Å². The fraction of sp³-hybridized carbons (Fsp3) is 0.429. The van der Waals surface area contributed by atoms with Crippen LogP contribution in [0.2, 0.25) is 0 Å². The Morgan fingerprint density at radius 3 is 2.82 bits per heavy atom. The summed E-state index contributed by atoms with van der Waals surface area (Å²) in [5.41, 5.74) is 0. The van der Waals surface area contributed by atoms with E-state index < -0.39 is 0 Å². The van der Waals surface area contributed by atoms with Crippen molar-refractivity contribution in [3.63, 3.8) is 0 Å². The first-order valence-corrected chi connectivity index (χ1v) is 3.17. The predicted octanol–water partition coefficient (Wildman–Crippen LogP) is 0.397. The van der Waals surface area contributed by atoms with E-state index in [1.807, 2.05) is 0 Å². The molecule has 0 spiro atoms. The second-order valence-electron chi connectivity index (χ2n) is 1.85. The summed E-state index contributed by atoms with van der Waals surface area (Å²) >= 11 is 0. The molecule has 1 heterocycles. The molecule has 0 aliphatic carbocycles. The maximum Gasteiger partial charge on any atom is 0.153 e. The summed E-state index contributed by atoms with van der Waals surface area (Å²) in [5.74, 6) is 0.640. The highest BCUT2D eigenvalue weighted by molar-refractivity contribution is 4.84. The molecule has 0 aromatic carbocycles. The minimum Gasteiger partial charge on any atom is -0.359 e. The van der Waals surface area contributed by atoms with Gasteiger partial charge in [-0.1, -0.05) is 0 Å². The highest BCUT2D eigenvalue weighted by Gasteiger charge is 1.92. The van der Waals surface area contributed by atoms with Crippen LogP contribution in [-0.4, -0.2) is 23.9 Å². The average Bonchev–Trinajstić information content (AvgIpc) is 2.07. The largest absolute Gasteiger partial charge is 0.359 e. The van der Waals surface area contributed by atoms with Crippen molar-refractivity contribution in [2.75, 3.05) is 13.9 Å². The number of rotatable bonds is 4. The maximum atomic E-state index is 5.01. The maximum absolute atomic E-state index is 5.01. The van der Waals surface area contributed by atoms with Gasteiger partial charge in [-0.2, -0.15) is 0 Å². The van der Waals surface area contributed by atoms with E-state index in [2.05, 4.69) is 20.8 Å². The highest BCUT2D eigenvalue weighted by atomic mass is 16.7. The van der Waals surface area contributed by atoms with Crippen LogP contribution in [0, 0.1) is 6.07 Å². The van der Waals surface area contributed by atoms with Crippen LogP contribution in [0.3, 0.4) is 0 Å². The van der Waals surface area contributed by atoms with Crippen molar-refractivity contribution in [3.05, 3.63) is 24.3 Å². The lowest BCUT2D eigenvalue weighted by Gasteiger charge is -1.99. The van der Waals surface area contributed by atoms with Gasteiger partial charge in [0.1, 0.15) is 13.4 Å². The normalized spacial score (nSPS) is 9.91. The Labute approximate surface area is 65.2 Å². The van der Waals surface area contributed by atoms with E-state index in [0.29, 0.717) is 12.4 Å². The fourth-order valence-corrected chi connectivity index (χ4v) is 0.581. The lowest BCUT2D eigenvalue weighted by molar-refractivity contribution is -0.0412. The van der Waals surface area contributed by atoms with Crippen molar-refractivity contribution in [2.24, 2.45) is 0 Å². The molecular formula is C7H9N2O2. The number of hydrogen-bond acceptors (Lipinski definition) is 4. The number of hydrogen-bond donors (Lipinski definition) is 0. The zero-order chi connectivity index (χ0) is 7.94. The van der Waals surface area contributed by atoms with E-state index in [4.69, 9.17) is 4.74 Å². The van der Waals surface area contributed by atoms with Crippen LogP contribution >= 0.6 is 0 Å². The van der Waals surface area contributed by atoms with E-state index in [9.17, 15) is 0 Å². The molecule has 0 saturated heterocycles. The minimum atomic E-state index is 0.266. The smallest absolute Gasteiger partial charge is 0.153 e. The van der Waals surface area contributed by atoms with Gasteiger partial charge in [0.25, 0.3) is 0 Å². The SMILES string of the molecule is COCOCc1nc[c]cn1. The zero-order valence-corrected chi connectivity index (χ0v) is 6.28. The summed E-state index contributed by atoms with van der Waals surface area (Å²) in [6.07, 6.45) is 3.11. The Hall–Kier alpha value is -1.00. The van der Waals surface area contributed by atoms with Crippen molar-refractivity contribution in [1.29, 1.82) is 0 Å². The molecule has 1 aromatic heterocycles. The van der Waals surface area contributed by atoms with Gasteiger partial charge in [0.15, 0.2) is 5.82 Å². The molecule has 0 aliphatic heterocycles. The minimum absolute atomic E-state index is 0.266. The van der Waals surface area contributed by atoms with E-state index in [0.717, 1.165) is 0 Å². The van der Waals surface area contributed by atoms with E-state index in [1.165, 1.54) is 0 Å². The first kappa shape index (κ1) is 8.10. The molecule has 0 bridgehead atoms. The zero-order valence-electron chi connectivity index (χ0n) is 6.28. The van der Waals surface area contributed by atoms with Crippen LogP contribution in [0.15, 0.2) is 12.4 Å². The number of nitrogens with zero attached hydrogens (tertiary/aromatic N) is 2. The van der Waals surface area contributed by atoms with E-state index >= 15 is 0 Å². The summed E-state index contributed by atoms with van der Waals surface area (Å²) in [6, 6.07) is 2.71. The van der Waals surface area contributed by atoms with E-state index in [1.54, 1.807) is 19.5 Å². The Balaban J connectivity index is 2.28. The Bertz CT molecular complexity index is 191. The molecule has 0 saturated carbocycles. The number of aromatic nitrogens is 2. The van der Waals surface area contributed by atoms with Crippen molar-refractivity contribution in [1.82, 2.24) is 9.97 Å². The molecule has 1 rings (SSSR count).